The van der Waals surface area contributed by atoms with Gasteiger partial charge in [0.15, 0.2) is 5.82 Å². The normalized spacial score (nSPS) is 10.9. The van der Waals surface area contributed by atoms with E-state index in [1.165, 1.54) is 5.39 Å². The minimum absolute atomic E-state index is 0.776. The lowest BCUT2D eigenvalue weighted by molar-refractivity contribution is 0.797. The zero-order valence-corrected chi connectivity index (χ0v) is 10.1. The van der Waals surface area contributed by atoms with E-state index in [-0.39, 0.29) is 0 Å². The van der Waals surface area contributed by atoms with Crippen LogP contribution in [0.25, 0.3) is 22.3 Å². The average Bonchev–Trinajstić information content (AvgIpc) is 2.87. The Bertz CT molecular complexity index is 667. The first-order chi connectivity index (χ1) is 8.88. The summed E-state index contributed by atoms with van der Waals surface area (Å²) in [6, 6.07) is 10.2. The molecule has 3 rings (SSSR count). The lowest BCUT2D eigenvalue weighted by Crippen LogP contribution is -2.04. The van der Waals surface area contributed by atoms with Gasteiger partial charge in [-0.15, -0.1) is 0 Å². The molecule has 4 nitrogen and oxygen atoms in total. The predicted molar refractivity (Wildman–Crippen MR) is 72.1 cm³/mol. The monoisotopic (exact) mass is 238 g/mol. The standard InChI is InChI=1S/C14H14N4/c1-15-8-11-9-17-14(18-11)13-12-5-3-2-4-10(12)6-7-16-13/h2-7,9,15H,8H2,1H3,(H,17,18). The molecule has 0 aliphatic carbocycles. The molecule has 0 spiro atoms. The molecule has 2 heterocycles. The number of aromatic amines is 1. The van der Waals surface area contributed by atoms with Crippen LogP contribution in [0.1, 0.15) is 5.69 Å². The summed E-state index contributed by atoms with van der Waals surface area (Å²) in [5.41, 5.74) is 1.96. The van der Waals surface area contributed by atoms with Crippen LogP contribution in [-0.4, -0.2) is 22.0 Å². The molecule has 0 amide bonds. The van der Waals surface area contributed by atoms with Crippen LogP contribution in [0.2, 0.25) is 0 Å². The van der Waals surface area contributed by atoms with E-state index in [2.05, 4.69) is 32.4 Å². The molecule has 3 aromatic rings. The summed E-state index contributed by atoms with van der Waals surface area (Å²) in [7, 11) is 1.91. The van der Waals surface area contributed by atoms with Gasteiger partial charge >= 0.3 is 0 Å². The van der Waals surface area contributed by atoms with E-state index in [4.69, 9.17) is 0 Å². The molecule has 0 atom stereocenters. The number of hydrogen-bond donors (Lipinski definition) is 2. The van der Waals surface area contributed by atoms with E-state index >= 15 is 0 Å². The Kier molecular flexibility index (Phi) is 2.78. The molecule has 0 bridgehead atoms. The van der Waals surface area contributed by atoms with Crippen molar-refractivity contribution in [2.24, 2.45) is 0 Å². The Morgan fingerprint density at radius 3 is 2.94 bits per heavy atom. The van der Waals surface area contributed by atoms with E-state index in [9.17, 15) is 0 Å². The third-order valence-corrected chi connectivity index (χ3v) is 2.89. The smallest absolute Gasteiger partial charge is 0.156 e. The van der Waals surface area contributed by atoms with Crippen molar-refractivity contribution in [3.05, 3.63) is 48.4 Å². The number of imidazole rings is 1. The molecule has 4 heteroatoms. The molecule has 90 valence electrons. The number of nitrogens with zero attached hydrogens (tertiary/aromatic N) is 2. The maximum Gasteiger partial charge on any atom is 0.156 e. The number of fused-ring (bicyclic) bond motifs is 1. The van der Waals surface area contributed by atoms with Crippen molar-refractivity contribution in [3.8, 4) is 11.5 Å². The summed E-state index contributed by atoms with van der Waals surface area (Å²) in [5.74, 6) is 0.817. The molecule has 18 heavy (non-hydrogen) atoms. The highest BCUT2D eigenvalue weighted by Crippen LogP contribution is 2.23. The second-order valence-electron chi connectivity index (χ2n) is 4.17. The largest absolute Gasteiger partial charge is 0.339 e. The van der Waals surface area contributed by atoms with Crippen molar-refractivity contribution in [1.29, 1.82) is 0 Å². The van der Waals surface area contributed by atoms with Gasteiger partial charge < -0.3 is 10.3 Å². The number of rotatable bonds is 3. The Hall–Kier alpha value is -2.20. The Balaban J connectivity index is 2.12. The van der Waals surface area contributed by atoms with Gasteiger partial charge in [-0.25, -0.2) is 4.98 Å². The second-order valence-corrected chi connectivity index (χ2v) is 4.17. The molecule has 0 aliphatic rings. The first-order valence-corrected chi connectivity index (χ1v) is 5.91. The molecule has 0 radical (unpaired) electrons. The van der Waals surface area contributed by atoms with Gasteiger partial charge in [-0.2, -0.15) is 0 Å². The van der Waals surface area contributed by atoms with Gasteiger partial charge in [0.05, 0.1) is 6.20 Å². The van der Waals surface area contributed by atoms with E-state index in [1.54, 1.807) is 0 Å². The van der Waals surface area contributed by atoms with Crippen molar-refractivity contribution in [3.63, 3.8) is 0 Å². The van der Waals surface area contributed by atoms with Gasteiger partial charge in [-0.05, 0) is 18.5 Å². The third-order valence-electron chi connectivity index (χ3n) is 2.89. The number of H-pyrrole nitrogens is 1. The molecular formula is C14H14N4. The maximum absolute atomic E-state index is 4.44. The zero-order valence-electron chi connectivity index (χ0n) is 10.1. The van der Waals surface area contributed by atoms with Gasteiger partial charge in [-0.3, -0.25) is 4.98 Å². The number of hydrogen-bond acceptors (Lipinski definition) is 3. The SMILES string of the molecule is CNCc1cnc(-c2nccc3ccccc23)[nH]1. The third kappa shape index (κ3) is 1.87. The lowest BCUT2D eigenvalue weighted by atomic mass is 10.1. The first kappa shape index (κ1) is 10.9. The quantitative estimate of drug-likeness (QED) is 0.736. The van der Waals surface area contributed by atoms with Crippen molar-refractivity contribution in [2.75, 3.05) is 7.05 Å². The Labute approximate surface area is 105 Å². The van der Waals surface area contributed by atoms with Gasteiger partial charge in [0.1, 0.15) is 5.69 Å². The van der Waals surface area contributed by atoms with Gasteiger partial charge in [0.25, 0.3) is 0 Å². The highest BCUT2D eigenvalue weighted by Gasteiger charge is 2.08. The van der Waals surface area contributed by atoms with Crippen LogP contribution >= 0.6 is 0 Å². The van der Waals surface area contributed by atoms with Crippen LogP contribution in [0, 0.1) is 0 Å². The second kappa shape index (κ2) is 4.58. The van der Waals surface area contributed by atoms with Crippen LogP contribution in [0.3, 0.4) is 0 Å². The van der Waals surface area contributed by atoms with Crippen LogP contribution < -0.4 is 5.32 Å². The zero-order chi connectivity index (χ0) is 12.4. The van der Waals surface area contributed by atoms with Crippen LogP contribution in [0.15, 0.2) is 42.7 Å². The van der Waals surface area contributed by atoms with Crippen LogP contribution in [0.5, 0.6) is 0 Å². The topological polar surface area (TPSA) is 53.6 Å². The highest BCUT2D eigenvalue weighted by atomic mass is 15.0. The summed E-state index contributed by atoms with van der Waals surface area (Å²) in [6.45, 7) is 0.776. The molecule has 0 aliphatic heterocycles. The van der Waals surface area contributed by atoms with E-state index in [0.717, 1.165) is 29.1 Å². The molecule has 1 aromatic carbocycles. The summed E-state index contributed by atoms with van der Waals surface area (Å²) in [6.07, 6.45) is 3.66. The van der Waals surface area contributed by atoms with Crippen molar-refractivity contribution in [2.45, 2.75) is 6.54 Å². The molecule has 0 saturated carbocycles. The first-order valence-electron chi connectivity index (χ1n) is 5.91. The van der Waals surface area contributed by atoms with E-state index in [0.29, 0.717) is 0 Å². The fraction of sp³-hybridized carbons (Fsp3) is 0.143. The fourth-order valence-corrected chi connectivity index (χ4v) is 2.07. The van der Waals surface area contributed by atoms with Gasteiger partial charge in [-0.1, -0.05) is 24.3 Å². The highest BCUT2D eigenvalue weighted by molar-refractivity contribution is 5.92. The van der Waals surface area contributed by atoms with Crippen molar-refractivity contribution < 1.29 is 0 Å². The fourth-order valence-electron chi connectivity index (χ4n) is 2.07. The van der Waals surface area contributed by atoms with Gasteiger partial charge in [0, 0.05) is 23.8 Å². The maximum atomic E-state index is 4.44. The van der Waals surface area contributed by atoms with Crippen LogP contribution in [-0.2, 0) is 6.54 Å². The minimum atomic E-state index is 0.776. The Morgan fingerprint density at radius 1 is 1.17 bits per heavy atom. The Morgan fingerprint density at radius 2 is 2.06 bits per heavy atom. The van der Waals surface area contributed by atoms with Crippen molar-refractivity contribution in [1.82, 2.24) is 20.3 Å². The lowest BCUT2D eigenvalue weighted by Gasteiger charge is -2.02. The van der Waals surface area contributed by atoms with Crippen LogP contribution in [0.4, 0.5) is 0 Å². The number of benzene rings is 1. The number of pyridine rings is 1. The molecule has 0 unspecified atom stereocenters. The molecule has 0 saturated heterocycles. The predicted octanol–water partition coefficient (Wildman–Crippen LogP) is 2.34. The summed E-state index contributed by atoms with van der Waals surface area (Å²) >= 11 is 0. The number of aromatic nitrogens is 3. The summed E-state index contributed by atoms with van der Waals surface area (Å²) in [4.78, 5) is 12.1. The summed E-state index contributed by atoms with van der Waals surface area (Å²) < 4.78 is 0. The van der Waals surface area contributed by atoms with E-state index < -0.39 is 0 Å². The van der Waals surface area contributed by atoms with Gasteiger partial charge in [0.2, 0.25) is 0 Å². The minimum Gasteiger partial charge on any atom is -0.339 e. The molecule has 2 aromatic heterocycles. The average molecular weight is 238 g/mol. The molecular weight excluding hydrogens is 224 g/mol. The van der Waals surface area contributed by atoms with Crippen molar-refractivity contribution >= 4 is 10.8 Å². The molecule has 2 N–H and O–H groups in total. The number of nitrogens with one attached hydrogen (secondary N) is 2. The molecule has 0 fully saturated rings. The summed E-state index contributed by atoms with van der Waals surface area (Å²) in [5, 5.41) is 5.39. The van der Waals surface area contributed by atoms with E-state index in [1.807, 2.05) is 37.6 Å².